The Labute approximate surface area is 119 Å². The molecule has 4 heteroatoms. The summed E-state index contributed by atoms with van der Waals surface area (Å²) < 4.78 is 23.3. The first-order valence-electron chi connectivity index (χ1n) is 6.98. The van der Waals surface area contributed by atoms with Crippen molar-refractivity contribution in [1.82, 2.24) is 5.32 Å². The van der Waals surface area contributed by atoms with Gasteiger partial charge in [-0.3, -0.25) is 0 Å². The number of sulfone groups is 1. The van der Waals surface area contributed by atoms with Gasteiger partial charge in [0.25, 0.3) is 0 Å². The van der Waals surface area contributed by atoms with E-state index in [0.717, 1.165) is 18.5 Å². The van der Waals surface area contributed by atoms with E-state index in [1.807, 2.05) is 6.92 Å². The van der Waals surface area contributed by atoms with Crippen molar-refractivity contribution in [2.75, 3.05) is 12.3 Å². The van der Waals surface area contributed by atoms with Gasteiger partial charge in [0.15, 0.2) is 9.84 Å². The minimum Gasteiger partial charge on any atom is -0.312 e. The third-order valence-electron chi connectivity index (χ3n) is 2.99. The molecule has 0 amide bonds. The molecule has 0 aromatic heterocycles. The van der Waals surface area contributed by atoms with E-state index >= 15 is 0 Å². The first kappa shape index (κ1) is 18.7. The monoisotopic (exact) mass is 289 g/mol. The minimum atomic E-state index is -3.00. The van der Waals surface area contributed by atoms with Gasteiger partial charge in [-0.1, -0.05) is 11.6 Å². The van der Waals surface area contributed by atoms with Crippen LogP contribution in [-0.4, -0.2) is 31.0 Å². The van der Waals surface area contributed by atoms with Crippen LogP contribution in [0.3, 0.4) is 0 Å². The van der Waals surface area contributed by atoms with E-state index in [0.29, 0.717) is 6.42 Å². The van der Waals surface area contributed by atoms with E-state index < -0.39 is 14.6 Å². The van der Waals surface area contributed by atoms with Crippen LogP contribution in [0.5, 0.6) is 0 Å². The highest BCUT2D eigenvalue weighted by molar-refractivity contribution is 7.92. The molecular weight excluding hydrogens is 258 g/mol. The summed E-state index contributed by atoms with van der Waals surface area (Å²) in [5.74, 6) is 0.242. The first-order chi connectivity index (χ1) is 8.35. The van der Waals surface area contributed by atoms with Crippen molar-refractivity contribution in [3.63, 3.8) is 0 Å². The fraction of sp³-hybridized carbons (Fsp3) is 0.867. The molecular formula is C15H31NO2S. The lowest BCUT2D eigenvalue weighted by Gasteiger charge is -2.20. The molecule has 0 atom stereocenters. The van der Waals surface area contributed by atoms with E-state index in [1.54, 1.807) is 20.8 Å². The molecule has 0 bridgehead atoms. The van der Waals surface area contributed by atoms with Gasteiger partial charge >= 0.3 is 0 Å². The molecule has 0 aliphatic heterocycles. The highest BCUT2D eigenvalue weighted by Crippen LogP contribution is 2.18. The Morgan fingerprint density at radius 3 is 2.05 bits per heavy atom. The first-order valence-corrected chi connectivity index (χ1v) is 8.63. The van der Waals surface area contributed by atoms with Crippen LogP contribution in [0.2, 0.25) is 0 Å². The smallest absolute Gasteiger partial charge is 0.155 e. The van der Waals surface area contributed by atoms with Gasteiger partial charge in [0.05, 0.1) is 10.5 Å². The summed E-state index contributed by atoms with van der Waals surface area (Å²) in [5.41, 5.74) is 1.29. The lowest BCUT2D eigenvalue weighted by Crippen LogP contribution is -2.36. The van der Waals surface area contributed by atoms with Gasteiger partial charge < -0.3 is 5.32 Å². The Balaban J connectivity index is 4.16. The predicted octanol–water partition coefficient (Wildman–Crippen LogP) is 3.31. The Morgan fingerprint density at radius 1 is 1.11 bits per heavy atom. The van der Waals surface area contributed by atoms with Gasteiger partial charge in [0.2, 0.25) is 0 Å². The largest absolute Gasteiger partial charge is 0.312 e. The number of hydrogen-bond acceptors (Lipinski definition) is 3. The van der Waals surface area contributed by atoms with Crippen LogP contribution in [0, 0.1) is 0 Å². The molecule has 0 aliphatic carbocycles. The van der Waals surface area contributed by atoms with Crippen LogP contribution in [-0.2, 0) is 9.84 Å². The van der Waals surface area contributed by atoms with E-state index in [9.17, 15) is 8.42 Å². The van der Waals surface area contributed by atoms with E-state index in [4.69, 9.17) is 0 Å². The maximum Gasteiger partial charge on any atom is 0.155 e. The fourth-order valence-corrected chi connectivity index (χ4v) is 2.67. The van der Waals surface area contributed by atoms with Crippen molar-refractivity contribution in [2.45, 2.75) is 71.6 Å². The molecule has 0 aromatic rings. The Morgan fingerprint density at radius 2 is 1.63 bits per heavy atom. The highest BCUT2D eigenvalue weighted by atomic mass is 32.2. The van der Waals surface area contributed by atoms with Crippen LogP contribution in [0.25, 0.3) is 0 Å². The van der Waals surface area contributed by atoms with Crippen molar-refractivity contribution in [2.24, 2.45) is 0 Å². The normalized spacial score (nSPS) is 14.8. The molecule has 19 heavy (non-hydrogen) atoms. The quantitative estimate of drug-likeness (QED) is 0.603. The molecule has 0 aromatic carbocycles. The van der Waals surface area contributed by atoms with E-state index in [-0.39, 0.29) is 11.3 Å². The Hall–Kier alpha value is -0.350. The molecule has 0 heterocycles. The molecule has 3 nitrogen and oxygen atoms in total. The number of nitrogens with one attached hydrogen (secondary N) is 1. The molecule has 0 saturated carbocycles. The maximum atomic E-state index is 12.0. The lowest BCUT2D eigenvalue weighted by atomic mass is 10.1. The van der Waals surface area contributed by atoms with Crippen LogP contribution in [0.4, 0.5) is 0 Å². The molecule has 0 saturated heterocycles. The number of allylic oxidation sites excluding steroid dienone is 1. The molecule has 114 valence electrons. The van der Waals surface area contributed by atoms with Gasteiger partial charge in [-0.2, -0.15) is 0 Å². The molecule has 0 radical (unpaired) electrons. The van der Waals surface area contributed by atoms with Crippen molar-refractivity contribution in [3.8, 4) is 0 Å². The molecule has 0 aliphatic rings. The third-order valence-corrected chi connectivity index (χ3v) is 5.60. The standard InChI is InChI=1S/C15H31NO2S/c1-13(9-8-11-16-14(2,3)4)10-12-19(17,18)15(5,6)7/h9,16H,8,10-12H2,1-7H3. The summed E-state index contributed by atoms with van der Waals surface area (Å²) >= 11 is 0. The summed E-state index contributed by atoms with van der Waals surface area (Å²) in [7, 11) is -3.00. The zero-order chi connectivity index (χ0) is 15.3. The molecule has 0 spiro atoms. The number of rotatable bonds is 6. The average Bonchev–Trinajstić information content (AvgIpc) is 2.18. The summed E-state index contributed by atoms with van der Waals surface area (Å²) in [6.45, 7) is 14.6. The zero-order valence-electron chi connectivity index (χ0n) is 13.6. The van der Waals surface area contributed by atoms with Gasteiger partial charge in [0, 0.05) is 5.54 Å². The Kier molecular flexibility index (Phi) is 6.76. The topological polar surface area (TPSA) is 46.2 Å². The fourth-order valence-electron chi connectivity index (χ4n) is 1.47. The Bertz CT molecular complexity index is 395. The highest BCUT2D eigenvalue weighted by Gasteiger charge is 2.28. The summed E-state index contributed by atoms with van der Waals surface area (Å²) in [4.78, 5) is 0. The number of hydrogen-bond donors (Lipinski definition) is 1. The zero-order valence-corrected chi connectivity index (χ0v) is 14.4. The summed E-state index contributed by atoms with van der Waals surface area (Å²) in [6.07, 6.45) is 3.71. The predicted molar refractivity (Wildman–Crippen MR) is 84.3 cm³/mol. The summed E-state index contributed by atoms with van der Waals surface area (Å²) in [5, 5.41) is 3.41. The molecule has 0 rings (SSSR count). The van der Waals surface area contributed by atoms with Gasteiger partial charge in [0.1, 0.15) is 0 Å². The van der Waals surface area contributed by atoms with E-state index in [2.05, 4.69) is 32.2 Å². The third kappa shape index (κ3) is 8.43. The van der Waals surface area contributed by atoms with Crippen LogP contribution in [0.1, 0.15) is 61.3 Å². The minimum absolute atomic E-state index is 0.136. The van der Waals surface area contributed by atoms with Crippen LogP contribution < -0.4 is 5.32 Å². The van der Waals surface area contributed by atoms with Gasteiger partial charge in [-0.25, -0.2) is 8.42 Å². The second kappa shape index (κ2) is 6.89. The van der Waals surface area contributed by atoms with Crippen molar-refractivity contribution in [3.05, 3.63) is 11.6 Å². The molecule has 1 N–H and O–H groups in total. The molecule has 0 unspecified atom stereocenters. The SMILES string of the molecule is CC(=CCCNC(C)(C)C)CCS(=O)(=O)C(C)(C)C. The van der Waals surface area contributed by atoms with Gasteiger partial charge in [-0.05, 0) is 67.9 Å². The van der Waals surface area contributed by atoms with Gasteiger partial charge in [-0.15, -0.1) is 0 Å². The maximum absolute atomic E-state index is 12.0. The second-order valence-corrected chi connectivity index (χ2v) is 10.1. The van der Waals surface area contributed by atoms with E-state index in [1.165, 1.54) is 0 Å². The molecule has 0 fully saturated rings. The lowest BCUT2D eigenvalue weighted by molar-refractivity contribution is 0.431. The van der Waals surface area contributed by atoms with Crippen molar-refractivity contribution < 1.29 is 8.42 Å². The average molecular weight is 289 g/mol. The second-order valence-electron chi connectivity index (χ2n) is 7.20. The van der Waals surface area contributed by atoms with Crippen molar-refractivity contribution >= 4 is 9.84 Å². The summed E-state index contributed by atoms with van der Waals surface area (Å²) in [6, 6.07) is 0. The van der Waals surface area contributed by atoms with Crippen LogP contribution in [0.15, 0.2) is 11.6 Å². The van der Waals surface area contributed by atoms with Crippen LogP contribution >= 0.6 is 0 Å². The van der Waals surface area contributed by atoms with Crippen molar-refractivity contribution in [1.29, 1.82) is 0 Å².